The van der Waals surface area contributed by atoms with Crippen LogP contribution >= 0.6 is 11.3 Å². The van der Waals surface area contributed by atoms with Crippen molar-refractivity contribution in [3.05, 3.63) is 16.1 Å². The molecule has 6 nitrogen and oxygen atoms in total. The molecule has 1 N–H and O–H groups in total. The summed E-state index contributed by atoms with van der Waals surface area (Å²) in [5, 5.41) is 5.06. The standard InChI is InChI=1S/C14H22N2O4S/c1-8(2)10(16-13(18)20-14(3,4)5)11-15-9(7-21-11)12(17)19-6/h7-8,10H,1-6H3,(H,16,18)/t10-/m0/s1. The van der Waals surface area contributed by atoms with Crippen LogP contribution in [0.25, 0.3) is 0 Å². The van der Waals surface area contributed by atoms with Crippen LogP contribution in [-0.2, 0) is 9.47 Å². The van der Waals surface area contributed by atoms with Gasteiger partial charge in [-0.3, -0.25) is 0 Å². The third-order valence-electron chi connectivity index (χ3n) is 2.52. The van der Waals surface area contributed by atoms with Gasteiger partial charge in [-0.1, -0.05) is 13.8 Å². The van der Waals surface area contributed by atoms with E-state index in [1.165, 1.54) is 18.4 Å². The van der Waals surface area contributed by atoms with E-state index < -0.39 is 17.7 Å². The van der Waals surface area contributed by atoms with Crippen molar-refractivity contribution in [2.45, 2.75) is 46.3 Å². The highest BCUT2D eigenvalue weighted by Crippen LogP contribution is 2.25. The summed E-state index contributed by atoms with van der Waals surface area (Å²) in [6.45, 7) is 9.32. The number of nitrogens with zero attached hydrogens (tertiary/aromatic N) is 1. The molecule has 0 fully saturated rings. The normalized spacial score (nSPS) is 12.9. The molecule has 1 rings (SSSR count). The number of carbonyl (C=O) groups is 2. The summed E-state index contributed by atoms with van der Waals surface area (Å²) < 4.78 is 9.88. The van der Waals surface area contributed by atoms with E-state index >= 15 is 0 Å². The van der Waals surface area contributed by atoms with Crippen LogP contribution in [0.4, 0.5) is 4.79 Å². The number of alkyl carbamates (subject to hydrolysis) is 1. The summed E-state index contributed by atoms with van der Waals surface area (Å²) in [6, 6.07) is -0.316. The molecule has 0 aliphatic carbocycles. The average molecular weight is 314 g/mol. The number of carbonyl (C=O) groups excluding carboxylic acids is 2. The molecule has 118 valence electrons. The zero-order valence-electron chi connectivity index (χ0n) is 13.2. The first kappa shape index (κ1) is 17.4. The van der Waals surface area contributed by atoms with Crippen LogP contribution in [0.3, 0.4) is 0 Å². The van der Waals surface area contributed by atoms with Crippen molar-refractivity contribution in [3.8, 4) is 0 Å². The maximum atomic E-state index is 11.9. The van der Waals surface area contributed by atoms with Crippen LogP contribution < -0.4 is 5.32 Å². The molecule has 0 radical (unpaired) electrons. The van der Waals surface area contributed by atoms with Gasteiger partial charge in [0.2, 0.25) is 0 Å². The Balaban J connectivity index is 2.85. The van der Waals surface area contributed by atoms with E-state index in [-0.39, 0.29) is 17.7 Å². The summed E-state index contributed by atoms with van der Waals surface area (Å²) in [6.07, 6.45) is -0.504. The van der Waals surface area contributed by atoms with Crippen LogP contribution in [0.2, 0.25) is 0 Å². The van der Waals surface area contributed by atoms with Crippen LogP contribution in [0.15, 0.2) is 5.38 Å². The second-order valence-corrected chi connectivity index (χ2v) is 6.82. The zero-order chi connectivity index (χ0) is 16.2. The van der Waals surface area contributed by atoms with E-state index in [1.807, 2.05) is 13.8 Å². The number of amides is 1. The molecule has 0 aliphatic rings. The number of thiazole rings is 1. The Kier molecular flexibility index (Phi) is 5.71. The Morgan fingerprint density at radius 1 is 1.33 bits per heavy atom. The van der Waals surface area contributed by atoms with Crippen molar-refractivity contribution in [1.29, 1.82) is 0 Å². The molecule has 0 aromatic carbocycles. The molecule has 0 aliphatic heterocycles. The van der Waals surface area contributed by atoms with Crippen LogP contribution in [0, 0.1) is 5.92 Å². The molecule has 0 unspecified atom stereocenters. The van der Waals surface area contributed by atoms with E-state index in [4.69, 9.17) is 4.74 Å². The molecule has 0 saturated heterocycles. The Morgan fingerprint density at radius 2 is 1.95 bits per heavy atom. The van der Waals surface area contributed by atoms with Gasteiger partial charge in [-0.05, 0) is 26.7 Å². The summed E-state index contributed by atoms with van der Waals surface area (Å²) in [4.78, 5) is 27.6. The monoisotopic (exact) mass is 314 g/mol. The van der Waals surface area contributed by atoms with Gasteiger partial charge in [-0.15, -0.1) is 11.3 Å². The van der Waals surface area contributed by atoms with Gasteiger partial charge in [-0.2, -0.15) is 0 Å². The van der Waals surface area contributed by atoms with Crippen molar-refractivity contribution in [2.75, 3.05) is 7.11 Å². The molecule has 1 aromatic heterocycles. The lowest BCUT2D eigenvalue weighted by Crippen LogP contribution is -2.36. The third kappa shape index (κ3) is 5.34. The number of esters is 1. The van der Waals surface area contributed by atoms with Gasteiger partial charge in [0, 0.05) is 5.38 Å². The minimum Gasteiger partial charge on any atom is -0.464 e. The fraction of sp³-hybridized carbons (Fsp3) is 0.643. The SMILES string of the molecule is COC(=O)c1csc([C@@H](NC(=O)OC(C)(C)C)C(C)C)n1. The maximum Gasteiger partial charge on any atom is 0.408 e. The number of hydrogen-bond donors (Lipinski definition) is 1. The van der Waals surface area contributed by atoms with E-state index in [9.17, 15) is 9.59 Å². The summed E-state index contributed by atoms with van der Waals surface area (Å²) in [5.41, 5.74) is -0.319. The van der Waals surface area contributed by atoms with Crippen molar-refractivity contribution in [3.63, 3.8) is 0 Å². The molecule has 0 saturated carbocycles. The van der Waals surface area contributed by atoms with Crippen molar-refractivity contribution in [2.24, 2.45) is 5.92 Å². The Bertz CT molecular complexity index is 505. The highest BCUT2D eigenvalue weighted by Gasteiger charge is 2.25. The first-order valence-electron chi connectivity index (χ1n) is 6.67. The molecular weight excluding hydrogens is 292 g/mol. The minimum absolute atomic E-state index is 0.106. The highest BCUT2D eigenvalue weighted by atomic mass is 32.1. The van der Waals surface area contributed by atoms with Gasteiger partial charge in [0.15, 0.2) is 5.69 Å². The number of ether oxygens (including phenoxy) is 2. The third-order valence-corrected chi connectivity index (χ3v) is 3.45. The zero-order valence-corrected chi connectivity index (χ0v) is 14.0. The van der Waals surface area contributed by atoms with E-state index in [2.05, 4.69) is 15.0 Å². The summed E-state index contributed by atoms with van der Waals surface area (Å²) in [7, 11) is 1.31. The smallest absolute Gasteiger partial charge is 0.408 e. The Hall–Kier alpha value is -1.63. The fourth-order valence-corrected chi connectivity index (χ4v) is 2.59. The van der Waals surface area contributed by atoms with E-state index in [1.54, 1.807) is 26.2 Å². The first-order valence-corrected chi connectivity index (χ1v) is 7.55. The van der Waals surface area contributed by atoms with Gasteiger partial charge < -0.3 is 14.8 Å². The molecule has 21 heavy (non-hydrogen) atoms. The van der Waals surface area contributed by atoms with Gasteiger partial charge in [0.1, 0.15) is 10.6 Å². The second kappa shape index (κ2) is 6.89. The van der Waals surface area contributed by atoms with Gasteiger partial charge in [0.05, 0.1) is 13.2 Å². The quantitative estimate of drug-likeness (QED) is 0.864. The maximum absolute atomic E-state index is 11.9. The van der Waals surface area contributed by atoms with Crippen LogP contribution in [0.1, 0.15) is 56.2 Å². The largest absolute Gasteiger partial charge is 0.464 e. The van der Waals surface area contributed by atoms with E-state index in [0.717, 1.165) is 0 Å². The summed E-state index contributed by atoms with van der Waals surface area (Å²) >= 11 is 1.31. The van der Waals surface area contributed by atoms with Gasteiger partial charge >= 0.3 is 12.1 Å². The van der Waals surface area contributed by atoms with Crippen molar-refractivity contribution >= 4 is 23.4 Å². The average Bonchev–Trinajstić information content (AvgIpc) is 2.81. The van der Waals surface area contributed by atoms with Crippen molar-refractivity contribution in [1.82, 2.24) is 10.3 Å². The minimum atomic E-state index is -0.564. The number of methoxy groups -OCH3 is 1. The molecule has 0 bridgehead atoms. The highest BCUT2D eigenvalue weighted by molar-refractivity contribution is 7.09. The van der Waals surface area contributed by atoms with Gasteiger partial charge in [-0.25, -0.2) is 14.6 Å². The molecular formula is C14H22N2O4S. The van der Waals surface area contributed by atoms with Crippen LogP contribution in [-0.4, -0.2) is 29.8 Å². The number of hydrogen-bond acceptors (Lipinski definition) is 6. The molecule has 0 spiro atoms. The number of aromatic nitrogens is 1. The van der Waals surface area contributed by atoms with E-state index in [0.29, 0.717) is 5.01 Å². The van der Waals surface area contributed by atoms with Crippen molar-refractivity contribution < 1.29 is 19.1 Å². The molecule has 7 heteroatoms. The molecule has 1 atom stereocenters. The lowest BCUT2D eigenvalue weighted by molar-refractivity contribution is 0.0489. The topological polar surface area (TPSA) is 77.5 Å². The van der Waals surface area contributed by atoms with Crippen LogP contribution in [0.5, 0.6) is 0 Å². The molecule has 1 amide bonds. The lowest BCUT2D eigenvalue weighted by atomic mass is 10.1. The number of rotatable bonds is 4. The predicted octanol–water partition coefficient (Wildman–Crippen LogP) is 3.15. The number of nitrogens with one attached hydrogen (secondary N) is 1. The molecule has 1 heterocycles. The van der Waals surface area contributed by atoms with Gasteiger partial charge in [0.25, 0.3) is 0 Å². The molecule has 1 aromatic rings. The first-order chi connectivity index (χ1) is 9.64. The Labute approximate surface area is 128 Å². The lowest BCUT2D eigenvalue weighted by Gasteiger charge is -2.24. The fourth-order valence-electron chi connectivity index (χ4n) is 1.58. The second-order valence-electron chi connectivity index (χ2n) is 5.93. The summed E-state index contributed by atoms with van der Waals surface area (Å²) in [5.74, 6) is -0.383. The Morgan fingerprint density at radius 3 is 2.43 bits per heavy atom. The predicted molar refractivity (Wildman–Crippen MR) is 80.4 cm³/mol.